The summed E-state index contributed by atoms with van der Waals surface area (Å²) < 4.78 is 44.9. The molecule has 0 amide bonds. The number of alkyl halides is 3. The van der Waals surface area contributed by atoms with E-state index in [1.165, 1.54) is 25.4 Å². The number of rotatable bonds is 3. The summed E-state index contributed by atoms with van der Waals surface area (Å²) in [6.45, 7) is 0. The highest BCUT2D eigenvalue weighted by molar-refractivity contribution is 6.36. The first-order valence-electron chi connectivity index (χ1n) is 7.27. The summed E-state index contributed by atoms with van der Waals surface area (Å²) in [6.07, 6.45) is -1.38. The van der Waals surface area contributed by atoms with E-state index in [9.17, 15) is 18.0 Å². The van der Waals surface area contributed by atoms with Crippen LogP contribution in [0.1, 0.15) is 48.0 Å². The highest BCUT2D eigenvalue weighted by Crippen LogP contribution is 2.44. The molecule has 1 saturated carbocycles. The lowest BCUT2D eigenvalue weighted by atomic mass is 9.97. The van der Waals surface area contributed by atoms with Crippen molar-refractivity contribution in [1.82, 2.24) is 9.99 Å². The zero-order valence-corrected chi connectivity index (χ0v) is 12.7. The average molecular weight is 327 g/mol. The van der Waals surface area contributed by atoms with Crippen LogP contribution < -0.4 is 0 Å². The summed E-state index contributed by atoms with van der Waals surface area (Å²) in [7, 11) is 2.75. The lowest BCUT2D eigenvalue weighted by molar-refractivity contribution is -0.138. The average Bonchev–Trinajstić information content (AvgIpc) is 3.28. The molecule has 124 valence electrons. The minimum absolute atomic E-state index is 0.0343. The van der Waals surface area contributed by atoms with Gasteiger partial charge >= 0.3 is 12.1 Å². The Morgan fingerprint density at radius 2 is 2.09 bits per heavy atom. The van der Waals surface area contributed by atoms with E-state index in [2.05, 4.69) is 14.8 Å². The third kappa shape index (κ3) is 3.02. The van der Waals surface area contributed by atoms with Gasteiger partial charge in [-0.3, -0.25) is 9.99 Å². The molecule has 5 nitrogen and oxygen atoms in total. The van der Waals surface area contributed by atoms with Crippen LogP contribution in [0.4, 0.5) is 13.2 Å². The van der Waals surface area contributed by atoms with Crippen LogP contribution in [0.2, 0.25) is 0 Å². The van der Waals surface area contributed by atoms with Gasteiger partial charge in [0.25, 0.3) is 0 Å². The van der Waals surface area contributed by atoms with Crippen LogP contribution >= 0.6 is 0 Å². The molecule has 0 radical (unpaired) electrons. The normalized spacial score (nSPS) is 21.3. The van der Waals surface area contributed by atoms with Gasteiger partial charge in [0, 0.05) is 36.8 Å². The van der Waals surface area contributed by atoms with Gasteiger partial charge < -0.3 is 4.74 Å². The topological polar surface area (TPSA) is 54.8 Å². The largest absolute Gasteiger partial charge is 0.464 e. The molecule has 1 unspecified atom stereocenters. The van der Waals surface area contributed by atoms with Crippen molar-refractivity contribution in [2.75, 3.05) is 14.2 Å². The molecule has 1 fully saturated rings. The number of pyridine rings is 1. The van der Waals surface area contributed by atoms with E-state index in [1.807, 2.05) is 0 Å². The monoisotopic (exact) mass is 327 g/mol. The fraction of sp³-hybridized carbons (Fsp3) is 0.533. The molecule has 2 heterocycles. The Kier molecular flexibility index (Phi) is 3.77. The van der Waals surface area contributed by atoms with E-state index in [0.29, 0.717) is 5.69 Å². The summed E-state index contributed by atoms with van der Waals surface area (Å²) in [4.78, 5) is 15.7. The van der Waals surface area contributed by atoms with Crippen molar-refractivity contribution in [3.05, 3.63) is 29.1 Å². The second-order valence-corrected chi connectivity index (χ2v) is 5.80. The van der Waals surface area contributed by atoms with Crippen LogP contribution in [-0.2, 0) is 15.7 Å². The number of methoxy groups -OCH3 is 1. The second kappa shape index (κ2) is 5.50. The molecule has 8 heteroatoms. The van der Waals surface area contributed by atoms with Crippen LogP contribution in [0.5, 0.6) is 0 Å². The Morgan fingerprint density at radius 3 is 2.65 bits per heavy atom. The van der Waals surface area contributed by atoms with Gasteiger partial charge in [-0.1, -0.05) is 0 Å². The highest BCUT2D eigenvalue weighted by Gasteiger charge is 2.40. The number of nitrogens with zero attached hydrogens (tertiary/aromatic N) is 3. The van der Waals surface area contributed by atoms with Crippen molar-refractivity contribution in [3.63, 3.8) is 0 Å². The first kappa shape index (κ1) is 15.8. The van der Waals surface area contributed by atoms with Crippen molar-refractivity contribution in [1.29, 1.82) is 0 Å². The predicted octanol–water partition coefficient (Wildman–Crippen LogP) is 2.88. The maximum Gasteiger partial charge on any atom is 0.416 e. The van der Waals surface area contributed by atoms with Gasteiger partial charge in [0.2, 0.25) is 0 Å². The first-order valence-corrected chi connectivity index (χ1v) is 7.27. The molecule has 1 atom stereocenters. The van der Waals surface area contributed by atoms with E-state index in [1.54, 1.807) is 0 Å². The minimum Gasteiger partial charge on any atom is -0.464 e. The fourth-order valence-corrected chi connectivity index (χ4v) is 2.76. The summed E-state index contributed by atoms with van der Waals surface area (Å²) >= 11 is 0. The number of ether oxygens (including phenoxy) is 1. The van der Waals surface area contributed by atoms with Gasteiger partial charge in [0.15, 0.2) is 0 Å². The fourth-order valence-electron chi connectivity index (χ4n) is 2.76. The number of carbonyl (C=O) groups excluding carboxylic acids is 1. The molecule has 0 saturated heterocycles. The van der Waals surface area contributed by atoms with Crippen molar-refractivity contribution < 1.29 is 22.7 Å². The smallest absolute Gasteiger partial charge is 0.416 e. The number of esters is 1. The Morgan fingerprint density at radius 1 is 1.39 bits per heavy atom. The van der Waals surface area contributed by atoms with E-state index in [4.69, 9.17) is 0 Å². The molecule has 1 aliphatic carbocycles. The van der Waals surface area contributed by atoms with E-state index in [0.717, 1.165) is 18.9 Å². The van der Waals surface area contributed by atoms with Crippen molar-refractivity contribution in [2.45, 2.75) is 37.4 Å². The summed E-state index contributed by atoms with van der Waals surface area (Å²) in [6, 6.07) is 0.457. The predicted molar refractivity (Wildman–Crippen MR) is 75.8 cm³/mol. The van der Waals surface area contributed by atoms with Gasteiger partial charge in [-0.2, -0.15) is 18.3 Å². The van der Waals surface area contributed by atoms with E-state index in [-0.39, 0.29) is 23.6 Å². The molecule has 1 aromatic rings. The molecule has 0 N–H and O–H groups in total. The quantitative estimate of drug-likeness (QED) is 0.801. The minimum atomic E-state index is -4.48. The molecule has 1 aliphatic heterocycles. The summed E-state index contributed by atoms with van der Waals surface area (Å²) in [5.41, 5.74) is -0.0742. The maximum absolute atomic E-state index is 13.4. The van der Waals surface area contributed by atoms with E-state index >= 15 is 0 Å². The Bertz CT molecular complexity index is 668. The van der Waals surface area contributed by atoms with Crippen LogP contribution in [0, 0.1) is 0 Å². The lowest BCUT2D eigenvalue weighted by Gasteiger charge is -2.23. The zero-order valence-electron chi connectivity index (χ0n) is 12.7. The Balaban J connectivity index is 1.95. The SMILES string of the molecule is COC(=O)C1=NN(C)C(c2cnc(C3CC3)cc2C(F)(F)F)C1. The van der Waals surface area contributed by atoms with Gasteiger partial charge in [0.1, 0.15) is 5.71 Å². The number of halogens is 3. The van der Waals surface area contributed by atoms with E-state index < -0.39 is 23.8 Å². The second-order valence-electron chi connectivity index (χ2n) is 5.80. The molecule has 0 spiro atoms. The van der Waals surface area contributed by atoms with Crippen molar-refractivity contribution in [2.24, 2.45) is 5.10 Å². The number of hydrogen-bond donors (Lipinski definition) is 0. The summed E-state index contributed by atoms with van der Waals surface area (Å²) in [5.74, 6) is -0.496. The molecular formula is C15H16F3N3O2. The molecule has 0 aromatic carbocycles. The van der Waals surface area contributed by atoms with Crippen molar-refractivity contribution >= 4 is 11.7 Å². The first-order chi connectivity index (χ1) is 10.8. The summed E-state index contributed by atoms with van der Waals surface area (Å²) in [5, 5.41) is 5.35. The molecule has 23 heavy (non-hydrogen) atoms. The Hall–Kier alpha value is -2.12. The highest BCUT2D eigenvalue weighted by atomic mass is 19.4. The standard InChI is InChI=1S/C15H16F3N3O2/c1-21-13(6-12(20-21)14(22)23-2)9-7-19-11(8-3-4-8)5-10(9)15(16,17)18/h5,7-8,13H,3-4,6H2,1-2H3. The van der Waals surface area contributed by atoms with Gasteiger partial charge in [-0.05, 0) is 18.9 Å². The molecule has 0 bridgehead atoms. The van der Waals surface area contributed by atoms with Gasteiger partial charge in [-0.15, -0.1) is 0 Å². The van der Waals surface area contributed by atoms with Crippen LogP contribution in [0.3, 0.4) is 0 Å². The number of hydrogen-bond acceptors (Lipinski definition) is 5. The van der Waals surface area contributed by atoms with Crippen LogP contribution in [0.25, 0.3) is 0 Å². The van der Waals surface area contributed by atoms with Crippen LogP contribution in [0.15, 0.2) is 17.4 Å². The molecule has 1 aromatic heterocycles. The van der Waals surface area contributed by atoms with Gasteiger partial charge in [-0.25, -0.2) is 4.79 Å². The number of hydrazone groups is 1. The maximum atomic E-state index is 13.4. The zero-order chi connectivity index (χ0) is 16.8. The molecular weight excluding hydrogens is 311 g/mol. The number of carbonyl (C=O) groups is 1. The van der Waals surface area contributed by atoms with Crippen LogP contribution in [-0.4, -0.2) is 35.8 Å². The third-order valence-electron chi connectivity index (χ3n) is 4.15. The third-order valence-corrected chi connectivity index (χ3v) is 4.15. The molecule has 3 rings (SSSR count). The Labute approximate surface area is 131 Å². The molecule has 2 aliphatic rings. The van der Waals surface area contributed by atoms with Crippen molar-refractivity contribution in [3.8, 4) is 0 Å². The lowest BCUT2D eigenvalue weighted by Crippen LogP contribution is -2.21. The number of aromatic nitrogens is 1. The van der Waals surface area contributed by atoms with Gasteiger partial charge in [0.05, 0.1) is 18.7 Å².